The maximum absolute atomic E-state index is 6.02. The largest absolute Gasteiger partial charge is 0.384 e. The van der Waals surface area contributed by atoms with Crippen LogP contribution >= 0.6 is 11.6 Å². The van der Waals surface area contributed by atoms with E-state index in [1.807, 2.05) is 18.2 Å². The molecule has 0 amide bonds. The number of hydrogen-bond donors (Lipinski definition) is 1. The van der Waals surface area contributed by atoms with E-state index in [0.29, 0.717) is 0 Å². The van der Waals surface area contributed by atoms with Crippen molar-refractivity contribution < 1.29 is 0 Å². The zero-order valence-electron chi connectivity index (χ0n) is 13.4. The van der Waals surface area contributed by atoms with Gasteiger partial charge < -0.3 is 5.32 Å². The maximum Gasteiger partial charge on any atom is 0.0426 e. The average Bonchev–Trinajstić information content (AvgIpc) is 2.96. The minimum absolute atomic E-state index is 0.787. The zero-order valence-corrected chi connectivity index (χ0v) is 14.2. The highest BCUT2D eigenvalue weighted by Gasteiger charge is 2.21. The van der Waals surface area contributed by atoms with Crippen molar-refractivity contribution in [3.05, 3.63) is 29.3 Å². The van der Waals surface area contributed by atoms with Gasteiger partial charge in [-0.25, -0.2) is 0 Å². The van der Waals surface area contributed by atoms with Crippen LogP contribution in [-0.2, 0) is 0 Å². The number of rotatable bonds is 8. The SMILES string of the molecule is CC(C)CCN(CCNc1cccc(Cl)c1)C1CCCC1. The van der Waals surface area contributed by atoms with Gasteiger partial charge in [-0.15, -0.1) is 0 Å². The molecule has 2 rings (SSSR count). The van der Waals surface area contributed by atoms with Gasteiger partial charge in [0.25, 0.3) is 0 Å². The first-order valence-electron chi connectivity index (χ1n) is 8.38. The van der Waals surface area contributed by atoms with Gasteiger partial charge in [0.1, 0.15) is 0 Å². The zero-order chi connectivity index (χ0) is 15.1. The Bertz CT molecular complexity index is 413. The van der Waals surface area contributed by atoms with Crippen LogP contribution in [0.5, 0.6) is 0 Å². The predicted molar refractivity (Wildman–Crippen MR) is 93.2 cm³/mol. The highest BCUT2D eigenvalue weighted by atomic mass is 35.5. The molecule has 0 aliphatic heterocycles. The van der Waals surface area contributed by atoms with Crippen molar-refractivity contribution in [3.8, 4) is 0 Å². The van der Waals surface area contributed by atoms with E-state index >= 15 is 0 Å². The lowest BCUT2D eigenvalue weighted by Gasteiger charge is -2.29. The van der Waals surface area contributed by atoms with Gasteiger partial charge in [0, 0.05) is 29.8 Å². The molecule has 1 fully saturated rings. The van der Waals surface area contributed by atoms with Crippen LogP contribution in [0.25, 0.3) is 0 Å². The summed E-state index contributed by atoms with van der Waals surface area (Å²) in [6.07, 6.45) is 6.88. The van der Waals surface area contributed by atoms with Crippen molar-refractivity contribution in [2.45, 2.75) is 52.0 Å². The fraction of sp³-hybridized carbons (Fsp3) is 0.667. The molecule has 0 saturated heterocycles. The molecule has 0 unspecified atom stereocenters. The molecule has 1 saturated carbocycles. The molecule has 1 aliphatic rings. The van der Waals surface area contributed by atoms with E-state index in [1.54, 1.807) is 0 Å². The molecule has 0 aromatic heterocycles. The number of benzene rings is 1. The van der Waals surface area contributed by atoms with Gasteiger partial charge in [0.2, 0.25) is 0 Å². The van der Waals surface area contributed by atoms with Crippen LogP contribution in [0.2, 0.25) is 5.02 Å². The Morgan fingerprint density at radius 3 is 2.67 bits per heavy atom. The van der Waals surface area contributed by atoms with Crippen molar-refractivity contribution >= 4 is 17.3 Å². The van der Waals surface area contributed by atoms with E-state index in [0.717, 1.165) is 35.8 Å². The summed E-state index contributed by atoms with van der Waals surface area (Å²) in [4.78, 5) is 2.70. The summed E-state index contributed by atoms with van der Waals surface area (Å²) in [6.45, 7) is 7.99. The molecular formula is C18H29ClN2. The second kappa shape index (κ2) is 8.65. The lowest BCUT2D eigenvalue weighted by Crippen LogP contribution is -2.38. The molecule has 118 valence electrons. The summed E-state index contributed by atoms with van der Waals surface area (Å²) in [6, 6.07) is 8.80. The molecule has 1 N–H and O–H groups in total. The second-order valence-corrected chi connectivity index (χ2v) is 7.03. The Hall–Kier alpha value is -0.730. The third-order valence-corrected chi connectivity index (χ3v) is 4.62. The Balaban J connectivity index is 1.80. The maximum atomic E-state index is 6.02. The van der Waals surface area contributed by atoms with E-state index in [-0.39, 0.29) is 0 Å². The van der Waals surface area contributed by atoms with Gasteiger partial charge in [-0.1, -0.05) is 44.4 Å². The lowest BCUT2D eigenvalue weighted by atomic mass is 10.1. The van der Waals surface area contributed by atoms with Crippen molar-refractivity contribution in [2.24, 2.45) is 5.92 Å². The first-order valence-corrected chi connectivity index (χ1v) is 8.76. The van der Waals surface area contributed by atoms with Gasteiger partial charge >= 0.3 is 0 Å². The lowest BCUT2D eigenvalue weighted by molar-refractivity contribution is 0.195. The van der Waals surface area contributed by atoms with Crippen LogP contribution in [-0.4, -0.2) is 30.6 Å². The van der Waals surface area contributed by atoms with Crippen LogP contribution in [0.3, 0.4) is 0 Å². The van der Waals surface area contributed by atoms with Crippen molar-refractivity contribution in [2.75, 3.05) is 25.0 Å². The first-order chi connectivity index (χ1) is 10.1. The quantitative estimate of drug-likeness (QED) is 0.723. The van der Waals surface area contributed by atoms with Gasteiger partial charge in [-0.05, 0) is 49.9 Å². The molecule has 2 nitrogen and oxygen atoms in total. The fourth-order valence-electron chi connectivity index (χ4n) is 3.11. The highest BCUT2D eigenvalue weighted by Crippen LogP contribution is 2.24. The Labute approximate surface area is 134 Å². The minimum atomic E-state index is 0.787. The summed E-state index contributed by atoms with van der Waals surface area (Å²) in [5.74, 6) is 0.787. The van der Waals surface area contributed by atoms with Gasteiger partial charge in [-0.3, -0.25) is 4.90 Å². The average molecular weight is 309 g/mol. The van der Waals surface area contributed by atoms with Gasteiger partial charge in [-0.2, -0.15) is 0 Å². The van der Waals surface area contributed by atoms with Crippen molar-refractivity contribution in [1.82, 2.24) is 4.90 Å². The summed E-state index contributed by atoms with van der Waals surface area (Å²) < 4.78 is 0. The first kappa shape index (κ1) is 16.6. The van der Waals surface area contributed by atoms with Gasteiger partial charge in [0.05, 0.1) is 0 Å². The van der Waals surface area contributed by atoms with Crippen LogP contribution in [0, 0.1) is 5.92 Å². The summed E-state index contributed by atoms with van der Waals surface area (Å²) in [5, 5.41) is 4.30. The molecule has 0 radical (unpaired) electrons. The Morgan fingerprint density at radius 2 is 2.00 bits per heavy atom. The predicted octanol–water partition coefficient (Wildman–Crippen LogP) is 5.04. The minimum Gasteiger partial charge on any atom is -0.384 e. The molecular weight excluding hydrogens is 280 g/mol. The van der Waals surface area contributed by atoms with Crippen molar-refractivity contribution in [3.63, 3.8) is 0 Å². The summed E-state index contributed by atoms with van der Waals surface area (Å²) >= 11 is 6.02. The molecule has 0 spiro atoms. The van der Waals surface area contributed by atoms with Gasteiger partial charge in [0.15, 0.2) is 0 Å². The van der Waals surface area contributed by atoms with E-state index in [4.69, 9.17) is 11.6 Å². The summed E-state index contributed by atoms with van der Waals surface area (Å²) in [7, 11) is 0. The molecule has 3 heteroatoms. The van der Waals surface area contributed by atoms with Crippen LogP contribution in [0.15, 0.2) is 24.3 Å². The topological polar surface area (TPSA) is 15.3 Å². The molecule has 1 aromatic rings. The van der Waals surface area contributed by atoms with E-state index in [1.165, 1.54) is 38.6 Å². The molecule has 1 aromatic carbocycles. The number of anilines is 1. The second-order valence-electron chi connectivity index (χ2n) is 6.59. The van der Waals surface area contributed by atoms with Crippen LogP contribution in [0.1, 0.15) is 46.0 Å². The molecule has 21 heavy (non-hydrogen) atoms. The third kappa shape index (κ3) is 5.88. The smallest absolute Gasteiger partial charge is 0.0426 e. The fourth-order valence-corrected chi connectivity index (χ4v) is 3.30. The Kier molecular flexibility index (Phi) is 6.85. The van der Waals surface area contributed by atoms with E-state index in [2.05, 4.69) is 30.1 Å². The van der Waals surface area contributed by atoms with E-state index in [9.17, 15) is 0 Å². The molecule has 0 heterocycles. The Morgan fingerprint density at radius 1 is 1.24 bits per heavy atom. The van der Waals surface area contributed by atoms with Crippen LogP contribution in [0.4, 0.5) is 5.69 Å². The molecule has 0 atom stereocenters. The normalized spacial score (nSPS) is 16.0. The third-order valence-electron chi connectivity index (χ3n) is 4.39. The number of halogens is 1. The van der Waals surface area contributed by atoms with Crippen LogP contribution < -0.4 is 5.32 Å². The number of nitrogens with zero attached hydrogens (tertiary/aromatic N) is 1. The van der Waals surface area contributed by atoms with E-state index < -0.39 is 0 Å². The standard InChI is InChI=1S/C18H29ClN2/c1-15(2)10-12-21(18-8-3-4-9-18)13-11-20-17-7-5-6-16(19)14-17/h5-7,14-15,18,20H,3-4,8-13H2,1-2H3. The summed E-state index contributed by atoms with van der Waals surface area (Å²) in [5.41, 5.74) is 1.12. The highest BCUT2D eigenvalue weighted by molar-refractivity contribution is 6.30. The monoisotopic (exact) mass is 308 g/mol. The number of hydrogen-bond acceptors (Lipinski definition) is 2. The van der Waals surface area contributed by atoms with Crippen molar-refractivity contribution in [1.29, 1.82) is 0 Å². The molecule has 1 aliphatic carbocycles. The molecule has 0 bridgehead atoms. The number of nitrogens with one attached hydrogen (secondary N) is 1.